The summed E-state index contributed by atoms with van der Waals surface area (Å²) in [7, 11) is -3.13. The molecule has 0 bridgehead atoms. The molecule has 0 aromatic rings. The van der Waals surface area contributed by atoms with Gasteiger partial charge in [0.25, 0.3) is 0 Å². The number of rotatable bonds is 0. The molecule has 0 fully saturated rings. The molecule has 4 nitrogen and oxygen atoms in total. The summed E-state index contributed by atoms with van der Waals surface area (Å²) in [6.07, 6.45) is 0. The largest absolute Gasteiger partial charge is 0.326 e. The van der Waals surface area contributed by atoms with Crippen LogP contribution in [-0.4, -0.2) is 9.79 Å². The van der Waals surface area contributed by atoms with Gasteiger partial charge in [-0.05, 0) is 20.8 Å². The average molecular weight is 165 g/mol. The fourth-order valence-electron chi connectivity index (χ4n) is 0. The van der Waals surface area contributed by atoms with E-state index in [1.807, 2.05) is 20.8 Å². The third kappa shape index (κ3) is 48.3. The topological polar surface area (TPSA) is 81.3 Å². The quantitative estimate of drug-likeness (QED) is 0.523. The predicted molar refractivity (Wildman–Crippen MR) is 38.5 cm³/mol. The molecule has 0 aliphatic rings. The zero-order chi connectivity index (χ0) is 8.78. The summed E-state index contributed by atoms with van der Waals surface area (Å²) in [4.78, 5) is 14.3. The summed E-state index contributed by atoms with van der Waals surface area (Å²) in [6, 6.07) is 2.10. The molecule has 0 radical (unpaired) electrons. The summed E-state index contributed by atoms with van der Waals surface area (Å²) in [5, 5.41) is 8.15. The van der Waals surface area contributed by atoms with Gasteiger partial charge in [0.2, 0.25) is 0 Å². The highest BCUT2D eigenvalue weighted by molar-refractivity contribution is 7.30. The van der Waals surface area contributed by atoms with Crippen molar-refractivity contribution in [2.45, 2.75) is 20.8 Å². The molecule has 0 aromatic heterocycles. The van der Waals surface area contributed by atoms with E-state index in [2.05, 4.69) is 6.07 Å². The molecule has 0 aromatic carbocycles. The molecule has 0 saturated carbocycles. The van der Waals surface area contributed by atoms with Crippen molar-refractivity contribution >= 4 is 8.25 Å². The minimum Gasteiger partial charge on any atom is -0.326 e. The van der Waals surface area contributed by atoms with Crippen molar-refractivity contribution in [3.63, 3.8) is 0 Å². The van der Waals surface area contributed by atoms with E-state index in [-0.39, 0.29) is 5.41 Å². The predicted octanol–water partition coefficient (Wildman–Crippen LogP) is 0.917. The maximum atomic E-state index is 8.74. The first-order valence-corrected chi connectivity index (χ1v) is 3.93. The van der Waals surface area contributed by atoms with Crippen molar-refractivity contribution in [1.29, 1.82) is 5.26 Å². The Morgan fingerprint density at radius 2 is 1.50 bits per heavy atom. The van der Waals surface area contributed by atoms with Crippen LogP contribution in [0.2, 0.25) is 0 Å². The van der Waals surface area contributed by atoms with E-state index in [1.165, 1.54) is 0 Å². The summed E-state index contributed by atoms with van der Waals surface area (Å²) >= 11 is 0. The van der Waals surface area contributed by atoms with Crippen molar-refractivity contribution in [2.75, 3.05) is 0 Å². The van der Waals surface area contributed by atoms with Crippen LogP contribution in [-0.2, 0) is 4.57 Å². The maximum Gasteiger partial charge on any atom is 0.314 e. The Morgan fingerprint density at radius 1 is 1.40 bits per heavy atom. The second-order valence-corrected chi connectivity index (χ2v) is 3.21. The van der Waals surface area contributed by atoms with Gasteiger partial charge in [-0.2, -0.15) is 5.26 Å². The third-order valence-electron chi connectivity index (χ3n) is 0.335. The van der Waals surface area contributed by atoms with Crippen LogP contribution < -0.4 is 0 Å². The van der Waals surface area contributed by atoms with Gasteiger partial charge in [0.15, 0.2) is 0 Å². The van der Waals surface area contributed by atoms with Crippen molar-refractivity contribution in [3.8, 4) is 6.07 Å². The Hall–Kier alpha value is -0.360. The summed E-state index contributed by atoms with van der Waals surface area (Å²) in [6.45, 7) is 5.65. The first-order chi connectivity index (χ1) is 4.29. The van der Waals surface area contributed by atoms with E-state index in [1.54, 1.807) is 0 Å². The molecule has 0 heterocycles. The van der Waals surface area contributed by atoms with Crippen LogP contribution in [0.15, 0.2) is 0 Å². The van der Waals surface area contributed by atoms with Crippen molar-refractivity contribution < 1.29 is 14.4 Å². The fourth-order valence-corrected chi connectivity index (χ4v) is 0. The lowest BCUT2D eigenvalue weighted by atomic mass is 10.0. The van der Waals surface area contributed by atoms with Gasteiger partial charge in [0.1, 0.15) is 0 Å². The SMILES string of the molecule is CC(C)(C)C#N.O=[PH](O)O. The van der Waals surface area contributed by atoms with E-state index in [9.17, 15) is 0 Å². The fraction of sp³-hybridized carbons (Fsp3) is 0.800. The number of hydrogen-bond acceptors (Lipinski definition) is 2. The molecular formula is C5H12NO3P. The van der Waals surface area contributed by atoms with E-state index in [0.717, 1.165) is 0 Å². The van der Waals surface area contributed by atoms with Crippen LogP contribution in [0.4, 0.5) is 0 Å². The standard InChI is InChI=1S/C5H9N.H3O3P/c1-5(2,3)4-6;1-4(2)3/h1-3H3;4H,(H2,1,2,3). The highest BCUT2D eigenvalue weighted by atomic mass is 31.1. The molecule has 0 amide bonds. The second-order valence-electron chi connectivity index (χ2n) is 2.64. The summed E-state index contributed by atoms with van der Waals surface area (Å²) in [5.74, 6) is 0. The minimum absolute atomic E-state index is 0.153. The lowest BCUT2D eigenvalue weighted by molar-refractivity contribution is 0.405. The van der Waals surface area contributed by atoms with Gasteiger partial charge in [-0.1, -0.05) is 0 Å². The summed E-state index contributed by atoms with van der Waals surface area (Å²) < 4.78 is 8.74. The lowest BCUT2D eigenvalue weighted by Crippen LogP contribution is -1.97. The summed E-state index contributed by atoms with van der Waals surface area (Å²) in [5.41, 5.74) is -0.153. The van der Waals surface area contributed by atoms with Crippen molar-refractivity contribution in [2.24, 2.45) is 5.41 Å². The molecule has 0 rings (SSSR count). The Kier molecular flexibility index (Phi) is 6.69. The number of hydrogen-bond donors (Lipinski definition) is 2. The zero-order valence-corrected chi connectivity index (χ0v) is 7.25. The van der Waals surface area contributed by atoms with Crippen molar-refractivity contribution in [3.05, 3.63) is 0 Å². The molecule has 60 valence electrons. The van der Waals surface area contributed by atoms with Gasteiger partial charge >= 0.3 is 8.25 Å². The molecule has 0 spiro atoms. The molecule has 0 aliphatic heterocycles. The molecule has 0 saturated heterocycles. The lowest BCUT2D eigenvalue weighted by Gasteiger charge is -2.01. The van der Waals surface area contributed by atoms with Crippen molar-refractivity contribution in [1.82, 2.24) is 0 Å². The van der Waals surface area contributed by atoms with Gasteiger partial charge in [-0.25, -0.2) is 0 Å². The van der Waals surface area contributed by atoms with Crippen LogP contribution >= 0.6 is 8.25 Å². The number of nitrogens with zero attached hydrogens (tertiary/aromatic N) is 1. The molecule has 2 N–H and O–H groups in total. The second kappa shape index (κ2) is 5.43. The monoisotopic (exact) mass is 165 g/mol. The van der Waals surface area contributed by atoms with Gasteiger partial charge in [0.05, 0.1) is 6.07 Å². The van der Waals surface area contributed by atoms with Crippen LogP contribution in [0.5, 0.6) is 0 Å². The first-order valence-electron chi connectivity index (χ1n) is 2.62. The molecule has 0 unspecified atom stereocenters. The molecule has 5 heteroatoms. The molecule has 10 heavy (non-hydrogen) atoms. The molecule has 0 aliphatic carbocycles. The van der Waals surface area contributed by atoms with E-state index in [4.69, 9.17) is 19.6 Å². The van der Waals surface area contributed by atoms with Crippen LogP contribution in [0, 0.1) is 16.7 Å². The highest BCUT2D eigenvalue weighted by Gasteiger charge is 2.04. The first kappa shape index (κ1) is 12.3. The number of nitriles is 1. The van der Waals surface area contributed by atoms with E-state index < -0.39 is 8.25 Å². The Bertz CT molecular complexity index is 140. The van der Waals surface area contributed by atoms with Crippen LogP contribution in [0.3, 0.4) is 0 Å². The smallest absolute Gasteiger partial charge is 0.314 e. The van der Waals surface area contributed by atoms with E-state index >= 15 is 0 Å². The zero-order valence-electron chi connectivity index (χ0n) is 6.25. The maximum absolute atomic E-state index is 8.74. The van der Waals surface area contributed by atoms with Crippen LogP contribution in [0.1, 0.15) is 20.8 Å². The minimum atomic E-state index is -3.13. The van der Waals surface area contributed by atoms with Gasteiger partial charge in [-0.15, -0.1) is 0 Å². The van der Waals surface area contributed by atoms with Gasteiger partial charge < -0.3 is 9.79 Å². The van der Waals surface area contributed by atoms with Gasteiger partial charge in [0, 0.05) is 5.41 Å². The Labute approximate surface area is 61.1 Å². The Morgan fingerprint density at radius 3 is 1.50 bits per heavy atom. The van der Waals surface area contributed by atoms with E-state index in [0.29, 0.717) is 0 Å². The molecular weight excluding hydrogens is 153 g/mol. The van der Waals surface area contributed by atoms with Gasteiger partial charge in [-0.3, -0.25) is 4.57 Å². The normalized spacial score (nSPS) is 9.70. The average Bonchev–Trinajstić information content (AvgIpc) is 1.63. The molecule has 0 atom stereocenters. The van der Waals surface area contributed by atoms with Crippen LogP contribution in [0.25, 0.3) is 0 Å². The third-order valence-corrected chi connectivity index (χ3v) is 0.335. The highest BCUT2D eigenvalue weighted by Crippen LogP contribution is 2.08. The Balaban J connectivity index is 0.